The highest BCUT2D eigenvalue weighted by atomic mass is 16.5. The van der Waals surface area contributed by atoms with Crippen LogP contribution in [0.25, 0.3) is 0 Å². The largest absolute Gasteiger partial charge is 0.378 e. The minimum Gasteiger partial charge on any atom is -0.378 e. The standard InChI is InChI=1S/C15H20N2O4/c18-11(16-3-5-21-6-4-16)8-17-14(19)12-9-1-2-10(7-9)13(12)15(17)20/h9-10,12-13H,1-8H2/t9-,10-,12-,13-/m0/s1. The number of rotatable bonds is 2. The van der Waals surface area contributed by atoms with Gasteiger partial charge in [-0.3, -0.25) is 19.3 Å². The van der Waals surface area contributed by atoms with Crippen LogP contribution in [0.1, 0.15) is 19.3 Å². The van der Waals surface area contributed by atoms with Gasteiger partial charge in [-0.05, 0) is 31.1 Å². The van der Waals surface area contributed by atoms with Crippen LogP contribution in [-0.2, 0) is 19.1 Å². The predicted molar refractivity (Wildman–Crippen MR) is 71.9 cm³/mol. The molecule has 2 bridgehead atoms. The normalized spacial score (nSPS) is 38.3. The first-order valence-corrected chi connectivity index (χ1v) is 7.87. The molecule has 21 heavy (non-hydrogen) atoms. The molecule has 3 amide bonds. The van der Waals surface area contributed by atoms with Crippen LogP contribution < -0.4 is 0 Å². The number of likely N-dealkylation sites (tertiary alicyclic amines) is 1. The Balaban J connectivity index is 1.47. The van der Waals surface area contributed by atoms with Gasteiger partial charge in [-0.1, -0.05) is 0 Å². The zero-order chi connectivity index (χ0) is 14.6. The summed E-state index contributed by atoms with van der Waals surface area (Å²) in [5, 5.41) is 0. The Kier molecular flexibility index (Phi) is 3.03. The number of ether oxygens (including phenoxy) is 1. The highest BCUT2D eigenvalue weighted by Gasteiger charge is 2.61. The summed E-state index contributed by atoms with van der Waals surface area (Å²) in [5.41, 5.74) is 0. The van der Waals surface area contributed by atoms with E-state index in [1.165, 1.54) is 4.90 Å². The summed E-state index contributed by atoms with van der Waals surface area (Å²) < 4.78 is 5.22. The molecule has 0 N–H and O–H groups in total. The van der Waals surface area contributed by atoms with Crippen molar-refractivity contribution in [3.8, 4) is 0 Å². The van der Waals surface area contributed by atoms with Gasteiger partial charge in [0.25, 0.3) is 0 Å². The van der Waals surface area contributed by atoms with Gasteiger partial charge in [0.1, 0.15) is 6.54 Å². The maximum absolute atomic E-state index is 12.5. The summed E-state index contributed by atoms with van der Waals surface area (Å²) in [6, 6.07) is 0. The van der Waals surface area contributed by atoms with Gasteiger partial charge in [0.2, 0.25) is 17.7 Å². The van der Waals surface area contributed by atoms with E-state index in [1.54, 1.807) is 4.90 Å². The van der Waals surface area contributed by atoms with Gasteiger partial charge in [-0.2, -0.15) is 0 Å². The van der Waals surface area contributed by atoms with E-state index in [9.17, 15) is 14.4 Å². The van der Waals surface area contributed by atoms with Gasteiger partial charge in [0.15, 0.2) is 0 Å². The molecule has 4 rings (SSSR count). The molecular weight excluding hydrogens is 272 g/mol. The summed E-state index contributed by atoms with van der Waals surface area (Å²) in [4.78, 5) is 40.2. The van der Waals surface area contributed by atoms with Crippen LogP contribution in [-0.4, -0.2) is 60.4 Å². The van der Waals surface area contributed by atoms with Gasteiger partial charge in [0.05, 0.1) is 25.0 Å². The van der Waals surface area contributed by atoms with Crippen molar-refractivity contribution in [2.45, 2.75) is 19.3 Å². The van der Waals surface area contributed by atoms with E-state index in [1.807, 2.05) is 0 Å². The number of nitrogens with zero attached hydrogens (tertiary/aromatic N) is 2. The van der Waals surface area contributed by atoms with Crippen molar-refractivity contribution in [3.63, 3.8) is 0 Å². The Labute approximate surface area is 123 Å². The molecule has 2 heterocycles. The lowest BCUT2D eigenvalue weighted by Crippen LogP contribution is -2.47. The van der Waals surface area contributed by atoms with Crippen LogP contribution in [0.4, 0.5) is 0 Å². The molecule has 114 valence electrons. The number of hydrogen-bond donors (Lipinski definition) is 0. The maximum Gasteiger partial charge on any atom is 0.242 e. The van der Waals surface area contributed by atoms with Crippen LogP contribution in [0, 0.1) is 23.7 Å². The highest BCUT2D eigenvalue weighted by Crippen LogP contribution is 2.56. The highest BCUT2D eigenvalue weighted by molar-refractivity contribution is 6.08. The molecule has 0 unspecified atom stereocenters. The summed E-state index contributed by atoms with van der Waals surface area (Å²) in [7, 11) is 0. The monoisotopic (exact) mass is 292 g/mol. The van der Waals surface area contributed by atoms with E-state index in [4.69, 9.17) is 4.74 Å². The van der Waals surface area contributed by atoms with E-state index in [0.717, 1.165) is 19.3 Å². The molecule has 4 fully saturated rings. The smallest absolute Gasteiger partial charge is 0.242 e. The second-order valence-electron chi connectivity index (χ2n) is 6.64. The van der Waals surface area contributed by atoms with Crippen LogP contribution in [0.3, 0.4) is 0 Å². The first kappa shape index (κ1) is 13.2. The minimum atomic E-state index is -0.132. The number of fused-ring (bicyclic) bond motifs is 5. The molecule has 0 aromatic carbocycles. The lowest BCUT2D eigenvalue weighted by atomic mass is 9.81. The van der Waals surface area contributed by atoms with E-state index in [-0.39, 0.29) is 36.1 Å². The number of amides is 3. The average Bonchev–Trinajstić information content (AvgIpc) is 3.18. The summed E-state index contributed by atoms with van der Waals surface area (Å²) in [6.45, 7) is 2.08. The SMILES string of the molecule is O=C(CN1C(=O)[C@H]2[C@H]3CC[C@@H](C3)[C@@H]2C1=O)N1CCOCC1. The summed E-state index contributed by atoms with van der Waals surface area (Å²) >= 11 is 0. The molecule has 6 nitrogen and oxygen atoms in total. The Hall–Kier alpha value is -1.43. The van der Waals surface area contributed by atoms with Crippen LogP contribution >= 0.6 is 0 Å². The zero-order valence-corrected chi connectivity index (χ0v) is 12.0. The average molecular weight is 292 g/mol. The third kappa shape index (κ3) is 1.92. The fourth-order valence-electron chi connectivity index (χ4n) is 4.67. The predicted octanol–water partition coefficient (Wildman–Crippen LogP) is -0.124. The van der Waals surface area contributed by atoms with E-state index in [0.29, 0.717) is 38.1 Å². The Morgan fingerprint density at radius 2 is 1.62 bits per heavy atom. The lowest BCUT2D eigenvalue weighted by molar-refractivity contribution is -0.148. The van der Waals surface area contributed by atoms with Gasteiger partial charge in [-0.15, -0.1) is 0 Å². The van der Waals surface area contributed by atoms with Crippen LogP contribution in [0.15, 0.2) is 0 Å². The van der Waals surface area contributed by atoms with Crippen molar-refractivity contribution >= 4 is 17.7 Å². The molecule has 0 spiro atoms. The summed E-state index contributed by atoms with van der Waals surface area (Å²) in [5.74, 6) is 0.160. The van der Waals surface area contributed by atoms with Crippen molar-refractivity contribution in [1.29, 1.82) is 0 Å². The van der Waals surface area contributed by atoms with E-state index >= 15 is 0 Å². The molecule has 2 aliphatic heterocycles. The molecule has 2 saturated heterocycles. The molecule has 0 radical (unpaired) electrons. The van der Waals surface area contributed by atoms with Gasteiger partial charge in [-0.25, -0.2) is 0 Å². The minimum absolute atomic E-state index is 0.0793. The maximum atomic E-state index is 12.5. The lowest BCUT2D eigenvalue weighted by Gasteiger charge is -2.28. The number of morpholine rings is 1. The van der Waals surface area contributed by atoms with E-state index in [2.05, 4.69) is 0 Å². The zero-order valence-electron chi connectivity index (χ0n) is 12.0. The van der Waals surface area contributed by atoms with Crippen molar-refractivity contribution in [2.75, 3.05) is 32.8 Å². The van der Waals surface area contributed by atoms with E-state index < -0.39 is 0 Å². The number of imide groups is 1. The second-order valence-corrected chi connectivity index (χ2v) is 6.64. The Morgan fingerprint density at radius 3 is 2.19 bits per heavy atom. The number of carbonyl (C=O) groups is 3. The number of carbonyl (C=O) groups excluding carboxylic acids is 3. The third-order valence-corrected chi connectivity index (χ3v) is 5.68. The number of hydrogen-bond acceptors (Lipinski definition) is 4. The Bertz CT molecular complexity index is 472. The molecule has 4 atom stereocenters. The third-order valence-electron chi connectivity index (χ3n) is 5.68. The summed E-state index contributed by atoms with van der Waals surface area (Å²) in [6.07, 6.45) is 3.16. The fraction of sp³-hybridized carbons (Fsp3) is 0.800. The first-order chi connectivity index (χ1) is 10.2. The van der Waals surface area contributed by atoms with Gasteiger partial charge >= 0.3 is 0 Å². The van der Waals surface area contributed by atoms with Crippen molar-refractivity contribution < 1.29 is 19.1 Å². The molecule has 0 aromatic rings. The van der Waals surface area contributed by atoms with Crippen molar-refractivity contribution in [3.05, 3.63) is 0 Å². The topological polar surface area (TPSA) is 66.9 Å². The van der Waals surface area contributed by atoms with Crippen LogP contribution in [0.2, 0.25) is 0 Å². The van der Waals surface area contributed by atoms with Crippen molar-refractivity contribution in [1.82, 2.24) is 9.80 Å². The van der Waals surface area contributed by atoms with Crippen molar-refractivity contribution in [2.24, 2.45) is 23.7 Å². The van der Waals surface area contributed by atoms with Crippen LogP contribution in [0.5, 0.6) is 0 Å². The fourth-order valence-corrected chi connectivity index (χ4v) is 4.67. The van der Waals surface area contributed by atoms with Gasteiger partial charge in [0, 0.05) is 13.1 Å². The quantitative estimate of drug-likeness (QED) is 0.665. The molecular formula is C15H20N2O4. The first-order valence-electron chi connectivity index (χ1n) is 7.87. The molecule has 2 aliphatic carbocycles. The molecule has 2 saturated carbocycles. The second kappa shape index (κ2) is 4.80. The van der Waals surface area contributed by atoms with Gasteiger partial charge < -0.3 is 9.64 Å². The molecule has 0 aromatic heterocycles. The molecule has 4 aliphatic rings. The Morgan fingerprint density at radius 1 is 1.05 bits per heavy atom. The molecule has 6 heteroatoms.